The van der Waals surface area contributed by atoms with Crippen LogP contribution in [0.2, 0.25) is 0 Å². The van der Waals surface area contributed by atoms with Crippen molar-refractivity contribution in [3.05, 3.63) is 0 Å². The molecule has 0 saturated carbocycles. The predicted octanol–water partition coefficient (Wildman–Crippen LogP) is -1.77. The van der Waals surface area contributed by atoms with Crippen LogP contribution in [-0.2, 0) is 7.01 Å². The van der Waals surface area contributed by atoms with Gasteiger partial charge in [-0.05, 0) is 0 Å². The summed E-state index contributed by atoms with van der Waals surface area (Å²) in [5.74, 6) is 0. The van der Waals surface area contributed by atoms with Crippen LogP contribution in [0.3, 0.4) is 0 Å². The van der Waals surface area contributed by atoms with E-state index in [4.69, 9.17) is 0 Å². The van der Waals surface area contributed by atoms with Crippen molar-refractivity contribution in [2.75, 3.05) is 0 Å². The molecule has 0 saturated heterocycles. The van der Waals surface area contributed by atoms with E-state index in [0.29, 0.717) is 0 Å². The van der Waals surface area contributed by atoms with Crippen molar-refractivity contribution in [3.8, 4) is 0 Å². The fourth-order valence-corrected chi connectivity index (χ4v) is 3.46. The molecule has 0 aliphatic heterocycles. The molecule has 0 aliphatic rings. The third-order valence-corrected chi connectivity index (χ3v) is 10.4. The van der Waals surface area contributed by atoms with Crippen molar-refractivity contribution in [1.29, 1.82) is 0 Å². The summed E-state index contributed by atoms with van der Waals surface area (Å²) in [5.41, 5.74) is -5.08. The Morgan fingerprint density at radius 1 is 1.33 bits per heavy atom. The van der Waals surface area contributed by atoms with Crippen molar-refractivity contribution < 1.29 is 39.2 Å². The summed E-state index contributed by atoms with van der Waals surface area (Å²) < 4.78 is 53.5. The first-order valence-electron chi connectivity index (χ1n) is 1.40. The van der Waals surface area contributed by atoms with Gasteiger partial charge in [-0.25, -0.2) is 0 Å². The Balaban J connectivity index is 4.57. The third kappa shape index (κ3) is 2.58. The summed E-state index contributed by atoms with van der Waals surface area (Å²) in [7, 11) is -4.81. The van der Waals surface area contributed by atoms with E-state index in [9.17, 15) is 21.6 Å². The van der Waals surface area contributed by atoms with Crippen LogP contribution < -0.4 is 17.6 Å². The van der Waals surface area contributed by atoms with Gasteiger partial charge in [-0.2, -0.15) is 0 Å². The second-order valence-electron chi connectivity index (χ2n) is 0.942. The number of halogens is 5. The first kappa shape index (κ1) is 9.95. The molecule has 0 amide bonds. The number of rotatable bonds is 1. The minimum absolute atomic E-state index is 1.97. The second kappa shape index (κ2) is 2.91. The fraction of sp³-hybridized carbons (Fsp3) is 1.00. The van der Waals surface area contributed by atoms with Gasteiger partial charge in [-0.15, -0.1) is 0 Å². The molecule has 0 unspecified atom stereocenters. The molecule has 0 N–H and O–H groups in total. The number of alkyl halides is 3. The maximum atomic E-state index is 11.2. The van der Waals surface area contributed by atoms with Crippen molar-refractivity contribution >= 4 is 19.7 Å². The average molecular weight is 340 g/mol. The molecular weight excluding hydrogens is 340 g/mol. The third-order valence-electron chi connectivity index (χ3n) is 0.353. The molecule has 0 heterocycles. The summed E-state index contributed by atoms with van der Waals surface area (Å²) in [6.07, 6.45) is 0. The van der Waals surface area contributed by atoms with E-state index < -0.39 is 30.1 Å². The molecule has 58 valence electrons. The van der Waals surface area contributed by atoms with Gasteiger partial charge in [0.05, 0.1) is 0 Å². The number of hydrogen-bond donors (Lipinski definition) is 0. The van der Waals surface area contributed by atoms with Crippen molar-refractivity contribution in [1.82, 2.24) is 0 Å². The summed E-state index contributed by atoms with van der Waals surface area (Å²) >= 11 is 0.340. The topological polar surface area (TPSA) is 34.1 Å². The van der Waals surface area contributed by atoms with Crippen LogP contribution in [0.15, 0.2) is 0 Å². The average Bonchev–Trinajstić information content (AvgIpc) is 1.64. The van der Waals surface area contributed by atoms with Crippen LogP contribution in [0.4, 0.5) is 13.2 Å². The van der Waals surface area contributed by atoms with E-state index in [-0.39, 0.29) is 0 Å². The van der Waals surface area contributed by atoms with Crippen molar-refractivity contribution in [2.24, 2.45) is 0 Å². The van der Waals surface area contributed by atoms with Gasteiger partial charge in [-0.3, -0.25) is 0 Å². The standard InChI is InChI=1S/CBrF3IO2S/c2-6-9(7,8)1(3,4)5/q-1. The van der Waals surface area contributed by atoms with Crippen LogP contribution in [0.1, 0.15) is 0 Å². The van der Waals surface area contributed by atoms with Gasteiger partial charge in [0, 0.05) is 0 Å². The van der Waals surface area contributed by atoms with E-state index in [1.165, 1.54) is 0 Å². The second-order valence-corrected chi connectivity index (χ2v) is 11.8. The molecule has 2 nitrogen and oxygen atoms in total. The van der Waals surface area contributed by atoms with Crippen LogP contribution in [-0.4, -0.2) is 13.9 Å². The summed E-state index contributed by atoms with van der Waals surface area (Å²) in [6.45, 7) is 0. The van der Waals surface area contributed by atoms with E-state index >= 15 is 0 Å². The molecule has 0 radical (unpaired) electrons. The first-order chi connectivity index (χ1) is 3.81. The molecule has 0 aliphatic carbocycles. The summed E-state index contributed by atoms with van der Waals surface area (Å²) in [6, 6.07) is 0. The molecular formula is CBrF3IO2S-. The SMILES string of the molecule is O=S(=O)([I-]Br)C(F)(F)F. The van der Waals surface area contributed by atoms with Gasteiger partial charge in [-0.1, -0.05) is 0 Å². The molecule has 0 fully saturated rings. The quantitative estimate of drug-likeness (QED) is 0.419. The van der Waals surface area contributed by atoms with Gasteiger partial charge < -0.3 is 0 Å². The van der Waals surface area contributed by atoms with Crippen molar-refractivity contribution in [3.63, 3.8) is 0 Å². The molecule has 0 aromatic carbocycles. The molecule has 0 aromatic heterocycles. The molecule has 9 heavy (non-hydrogen) atoms. The Morgan fingerprint density at radius 3 is 1.67 bits per heavy atom. The van der Waals surface area contributed by atoms with Crippen LogP contribution >= 0.6 is 12.7 Å². The normalized spacial score (nSPS) is 14.2. The molecule has 0 bridgehead atoms. The predicted molar refractivity (Wildman–Crippen MR) is 23.9 cm³/mol. The van der Waals surface area contributed by atoms with Crippen LogP contribution in [0, 0.1) is 0 Å². The summed E-state index contributed by atoms with van der Waals surface area (Å²) in [4.78, 5) is 0. The Hall–Kier alpha value is 0.950. The maximum absolute atomic E-state index is 11.2. The Kier molecular flexibility index (Phi) is 3.21. The van der Waals surface area contributed by atoms with E-state index in [1.807, 2.05) is 0 Å². The monoisotopic (exact) mass is 339 g/mol. The van der Waals surface area contributed by atoms with Gasteiger partial charge >= 0.3 is 64.4 Å². The van der Waals surface area contributed by atoms with Gasteiger partial charge in [0.15, 0.2) is 0 Å². The molecule has 0 rings (SSSR count). The molecule has 0 atom stereocenters. The molecule has 8 heteroatoms. The Morgan fingerprint density at radius 2 is 1.67 bits per heavy atom. The minimum atomic E-state index is -5.08. The van der Waals surface area contributed by atoms with Gasteiger partial charge in [0.1, 0.15) is 0 Å². The Labute approximate surface area is 64.2 Å². The molecule has 0 aromatic rings. The summed E-state index contributed by atoms with van der Waals surface area (Å²) in [5, 5.41) is 0. The Bertz CT molecular complexity index is 182. The van der Waals surface area contributed by atoms with Gasteiger partial charge in [0.25, 0.3) is 0 Å². The van der Waals surface area contributed by atoms with E-state index in [2.05, 4.69) is 12.7 Å². The molecule has 0 spiro atoms. The fourth-order valence-electron chi connectivity index (χ4n) is 0.0331. The van der Waals surface area contributed by atoms with Crippen LogP contribution in [0.5, 0.6) is 0 Å². The first-order valence-corrected chi connectivity index (χ1v) is 10.3. The number of hydrogen-bond acceptors (Lipinski definition) is 2. The van der Waals surface area contributed by atoms with E-state index in [0.717, 1.165) is 0 Å². The zero-order chi connectivity index (χ0) is 7.71. The van der Waals surface area contributed by atoms with Gasteiger partial charge in [0.2, 0.25) is 0 Å². The van der Waals surface area contributed by atoms with E-state index in [1.54, 1.807) is 0 Å². The van der Waals surface area contributed by atoms with Crippen LogP contribution in [0.25, 0.3) is 0 Å². The zero-order valence-electron chi connectivity index (χ0n) is 3.61. The zero-order valence-corrected chi connectivity index (χ0v) is 8.17. The van der Waals surface area contributed by atoms with Crippen molar-refractivity contribution in [2.45, 2.75) is 5.51 Å².